The van der Waals surface area contributed by atoms with Gasteiger partial charge in [-0.3, -0.25) is 10.1 Å². The average molecular weight is 284 g/mol. The monoisotopic (exact) mass is 284 g/mol. The molecule has 5 heteroatoms. The highest BCUT2D eigenvalue weighted by Gasteiger charge is 2.23. The molecule has 1 saturated heterocycles. The first kappa shape index (κ1) is 13.6. The van der Waals surface area contributed by atoms with Crippen molar-refractivity contribution < 1.29 is 9.66 Å². The largest absolute Gasteiger partial charge is 0.356 e. The average Bonchev–Trinajstić information content (AvgIpc) is 2.97. The normalized spacial score (nSPS) is 17.9. The number of nitro groups is 1. The maximum absolute atomic E-state index is 10.6. The number of non-ortho nitro benzene ring substituents is 1. The van der Waals surface area contributed by atoms with Crippen molar-refractivity contribution in [3.63, 3.8) is 0 Å². The van der Waals surface area contributed by atoms with E-state index >= 15 is 0 Å². The van der Waals surface area contributed by atoms with Crippen molar-refractivity contribution in [1.29, 1.82) is 0 Å². The molecule has 0 aliphatic carbocycles. The fourth-order valence-corrected chi connectivity index (χ4v) is 2.51. The van der Waals surface area contributed by atoms with Crippen molar-refractivity contribution in [1.82, 2.24) is 0 Å². The molecule has 5 nitrogen and oxygen atoms in total. The van der Waals surface area contributed by atoms with Gasteiger partial charge in [-0.25, -0.2) is 0 Å². The van der Waals surface area contributed by atoms with Crippen LogP contribution in [0.15, 0.2) is 54.6 Å². The van der Waals surface area contributed by atoms with Crippen molar-refractivity contribution >= 4 is 11.4 Å². The molecule has 21 heavy (non-hydrogen) atoms. The lowest BCUT2D eigenvalue weighted by atomic mass is 10.1. The molecule has 0 N–H and O–H groups in total. The predicted molar refractivity (Wildman–Crippen MR) is 80.3 cm³/mol. The molecule has 0 radical (unpaired) electrons. The quantitative estimate of drug-likeness (QED) is 0.639. The van der Waals surface area contributed by atoms with Crippen LogP contribution in [0.1, 0.15) is 5.56 Å². The Balaban J connectivity index is 1.61. The van der Waals surface area contributed by atoms with Crippen LogP contribution in [0.3, 0.4) is 0 Å². The highest BCUT2D eigenvalue weighted by Crippen LogP contribution is 2.22. The first-order chi connectivity index (χ1) is 10.2. The highest BCUT2D eigenvalue weighted by atomic mass is 16.6. The molecule has 3 rings (SSSR count). The Kier molecular flexibility index (Phi) is 3.83. The number of nitro benzene ring substituents is 1. The van der Waals surface area contributed by atoms with E-state index < -0.39 is 0 Å². The summed E-state index contributed by atoms with van der Waals surface area (Å²) < 4.78 is 5.79. The topological polar surface area (TPSA) is 55.6 Å². The number of para-hydroxylation sites is 1. The summed E-state index contributed by atoms with van der Waals surface area (Å²) in [4.78, 5) is 12.4. The molecule has 1 unspecified atom stereocenters. The van der Waals surface area contributed by atoms with Crippen LogP contribution >= 0.6 is 0 Å². The van der Waals surface area contributed by atoms with Gasteiger partial charge in [0.15, 0.2) is 0 Å². The molecule has 0 spiro atoms. The number of hydrogen-bond donors (Lipinski definition) is 0. The zero-order chi connectivity index (χ0) is 14.7. The van der Waals surface area contributed by atoms with E-state index in [0.717, 1.165) is 24.2 Å². The van der Waals surface area contributed by atoms with Crippen molar-refractivity contribution in [2.24, 2.45) is 0 Å². The molecule has 108 valence electrons. The Bertz CT molecular complexity index is 613. The molecule has 1 fully saturated rings. The minimum absolute atomic E-state index is 0.117. The van der Waals surface area contributed by atoms with Crippen molar-refractivity contribution in [3.05, 3.63) is 70.3 Å². The summed E-state index contributed by atoms with van der Waals surface area (Å²) >= 11 is 0. The van der Waals surface area contributed by atoms with E-state index in [0.29, 0.717) is 6.73 Å². The smallest absolute Gasteiger partial charge is 0.269 e. The maximum atomic E-state index is 10.6. The van der Waals surface area contributed by atoms with Crippen LogP contribution in [0.25, 0.3) is 0 Å². The summed E-state index contributed by atoms with van der Waals surface area (Å²) in [5, 5.41) is 10.6. The Morgan fingerprint density at radius 3 is 2.52 bits per heavy atom. The first-order valence-electron chi connectivity index (χ1n) is 6.87. The van der Waals surface area contributed by atoms with Crippen molar-refractivity contribution in [2.45, 2.75) is 12.5 Å². The second kappa shape index (κ2) is 5.93. The number of benzene rings is 2. The molecule has 1 heterocycles. The van der Waals surface area contributed by atoms with Crippen LogP contribution in [0.5, 0.6) is 0 Å². The van der Waals surface area contributed by atoms with E-state index in [4.69, 9.17) is 4.74 Å². The first-order valence-corrected chi connectivity index (χ1v) is 6.87. The lowest BCUT2D eigenvalue weighted by molar-refractivity contribution is -0.384. The van der Waals surface area contributed by atoms with Gasteiger partial charge in [-0.2, -0.15) is 0 Å². The summed E-state index contributed by atoms with van der Waals surface area (Å²) in [5.74, 6) is 0. The molecule has 1 aliphatic heterocycles. The van der Waals surface area contributed by atoms with E-state index in [1.807, 2.05) is 18.2 Å². The van der Waals surface area contributed by atoms with Gasteiger partial charge in [-0.15, -0.1) is 0 Å². The van der Waals surface area contributed by atoms with Crippen LogP contribution in [0, 0.1) is 10.1 Å². The molecule has 0 bridgehead atoms. The predicted octanol–water partition coefficient (Wildman–Crippen LogP) is 3.00. The van der Waals surface area contributed by atoms with Crippen molar-refractivity contribution in [2.75, 3.05) is 18.2 Å². The summed E-state index contributed by atoms with van der Waals surface area (Å²) in [6, 6.07) is 16.8. The number of nitrogens with zero attached hydrogens (tertiary/aromatic N) is 2. The SMILES string of the molecule is O=[N+]([O-])c1ccc(CC2CN(c3ccccc3)CO2)cc1. The lowest BCUT2D eigenvalue weighted by Gasteiger charge is -2.15. The van der Waals surface area contributed by atoms with Gasteiger partial charge in [0.25, 0.3) is 5.69 Å². The number of rotatable bonds is 4. The molecule has 2 aromatic rings. The highest BCUT2D eigenvalue weighted by molar-refractivity contribution is 5.46. The fourth-order valence-electron chi connectivity index (χ4n) is 2.51. The maximum Gasteiger partial charge on any atom is 0.269 e. The molecular formula is C16H16N2O3. The lowest BCUT2D eigenvalue weighted by Crippen LogP contribution is -2.22. The van der Waals surface area contributed by atoms with Gasteiger partial charge in [0.05, 0.1) is 11.0 Å². The minimum Gasteiger partial charge on any atom is -0.356 e. The van der Waals surface area contributed by atoms with Crippen LogP contribution < -0.4 is 4.90 Å². The van der Waals surface area contributed by atoms with Gasteiger partial charge >= 0.3 is 0 Å². The van der Waals surface area contributed by atoms with E-state index in [2.05, 4.69) is 17.0 Å². The van der Waals surface area contributed by atoms with Crippen LogP contribution in [-0.2, 0) is 11.2 Å². The number of anilines is 1. The Morgan fingerprint density at radius 2 is 1.86 bits per heavy atom. The summed E-state index contributed by atoms with van der Waals surface area (Å²) in [5.41, 5.74) is 2.33. The fraction of sp³-hybridized carbons (Fsp3) is 0.250. The summed E-state index contributed by atoms with van der Waals surface area (Å²) in [6.07, 6.45) is 0.882. The van der Waals surface area contributed by atoms with Gasteiger partial charge in [0.1, 0.15) is 6.73 Å². The third-order valence-electron chi connectivity index (χ3n) is 3.62. The second-order valence-corrected chi connectivity index (χ2v) is 5.10. The van der Waals surface area contributed by atoms with E-state index in [-0.39, 0.29) is 16.7 Å². The molecule has 0 amide bonds. The van der Waals surface area contributed by atoms with Gasteiger partial charge in [-0.1, -0.05) is 30.3 Å². The third-order valence-corrected chi connectivity index (χ3v) is 3.62. The van der Waals surface area contributed by atoms with E-state index in [9.17, 15) is 10.1 Å². The van der Waals surface area contributed by atoms with Gasteiger partial charge in [0.2, 0.25) is 0 Å². The third kappa shape index (κ3) is 3.20. The Labute approximate surface area is 122 Å². The standard InChI is InChI=1S/C16H16N2O3/c19-18(20)15-8-6-13(7-9-15)10-16-11-17(12-21-16)14-4-2-1-3-5-14/h1-9,16H,10-12H2. The number of hydrogen-bond acceptors (Lipinski definition) is 4. The Hall–Kier alpha value is -2.40. The van der Waals surface area contributed by atoms with Crippen molar-refractivity contribution in [3.8, 4) is 0 Å². The molecular weight excluding hydrogens is 268 g/mol. The number of ether oxygens (including phenoxy) is 1. The van der Waals surface area contributed by atoms with Crippen LogP contribution in [0.2, 0.25) is 0 Å². The molecule has 2 aromatic carbocycles. The van der Waals surface area contributed by atoms with E-state index in [1.54, 1.807) is 24.3 Å². The zero-order valence-electron chi connectivity index (χ0n) is 11.5. The Morgan fingerprint density at radius 1 is 1.14 bits per heavy atom. The zero-order valence-corrected chi connectivity index (χ0v) is 11.5. The molecule has 1 aliphatic rings. The van der Waals surface area contributed by atoms with Gasteiger partial charge in [-0.05, 0) is 17.7 Å². The summed E-state index contributed by atoms with van der Waals surface area (Å²) in [6.45, 7) is 1.42. The van der Waals surface area contributed by atoms with E-state index in [1.165, 1.54) is 0 Å². The second-order valence-electron chi connectivity index (χ2n) is 5.10. The minimum atomic E-state index is -0.382. The van der Waals surface area contributed by atoms with Gasteiger partial charge in [0, 0.05) is 30.8 Å². The molecule has 0 aromatic heterocycles. The molecule has 1 atom stereocenters. The summed E-state index contributed by atoms with van der Waals surface area (Å²) in [7, 11) is 0. The van der Waals surface area contributed by atoms with Crippen LogP contribution in [0.4, 0.5) is 11.4 Å². The molecule has 0 saturated carbocycles. The van der Waals surface area contributed by atoms with Gasteiger partial charge < -0.3 is 9.64 Å². The van der Waals surface area contributed by atoms with Crippen LogP contribution in [-0.4, -0.2) is 24.3 Å².